The molecule has 10 nitrogen and oxygen atoms in total. The van der Waals surface area contributed by atoms with Gasteiger partial charge >= 0.3 is 23.9 Å². The van der Waals surface area contributed by atoms with Crippen LogP contribution in [0.25, 0.3) is 0 Å². The number of rotatable bonds is 8. The molecule has 0 radical (unpaired) electrons. The molecule has 2 aromatic carbocycles. The van der Waals surface area contributed by atoms with Crippen LogP contribution in [0.5, 0.6) is 11.5 Å². The molecule has 40 heavy (non-hydrogen) atoms. The number of methoxy groups -OCH3 is 4. The van der Waals surface area contributed by atoms with Crippen LogP contribution in [-0.4, -0.2) is 63.0 Å². The minimum absolute atomic E-state index is 0.108. The van der Waals surface area contributed by atoms with Gasteiger partial charge in [0.25, 0.3) is 0 Å². The van der Waals surface area contributed by atoms with Crippen molar-refractivity contribution in [1.29, 1.82) is 0 Å². The Morgan fingerprint density at radius 2 is 1.00 bits per heavy atom. The van der Waals surface area contributed by atoms with Gasteiger partial charge in [-0.1, -0.05) is 12.1 Å². The average molecular weight is 561 g/mol. The van der Waals surface area contributed by atoms with E-state index >= 15 is 0 Å². The van der Waals surface area contributed by atoms with E-state index in [1.54, 1.807) is 72.7 Å². The second kappa shape index (κ2) is 13.3. The fraction of sp³-hybridized carbons (Fsp3) is 0.467. The number of esters is 3. The van der Waals surface area contributed by atoms with Crippen LogP contribution in [0.1, 0.15) is 80.3 Å². The third-order valence-electron chi connectivity index (χ3n) is 6.02. The Hall–Kier alpha value is -4.08. The second-order valence-electron chi connectivity index (χ2n) is 10.9. The van der Waals surface area contributed by atoms with E-state index < -0.39 is 34.3 Å². The summed E-state index contributed by atoms with van der Waals surface area (Å²) in [6, 6.07) is 9.28. The number of carbonyl (C=O) groups is 4. The smallest absolute Gasteiger partial charge is 0.338 e. The molecule has 0 amide bonds. The lowest BCUT2D eigenvalue weighted by molar-refractivity contribution is -0.147. The molecule has 10 heteroatoms. The highest BCUT2D eigenvalue weighted by molar-refractivity contribution is 5.91. The van der Waals surface area contributed by atoms with Crippen molar-refractivity contribution >= 4 is 23.9 Å². The van der Waals surface area contributed by atoms with Crippen LogP contribution in [-0.2, 0) is 34.6 Å². The molecule has 1 N–H and O–H groups in total. The minimum atomic E-state index is -1.05. The van der Waals surface area contributed by atoms with Gasteiger partial charge in [-0.25, -0.2) is 9.59 Å². The predicted octanol–water partition coefficient (Wildman–Crippen LogP) is 4.95. The number of aromatic carboxylic acids is 1. The SMILES string of the molecule is COC(=O)C(C)(C)c1ccc(C(=O)O)cc1OC.COC(=O)C(C)(C)c1ccc(C(=O)OC(C)(C)C)cc1OC. The third kappa shape index (κ3) is 8.21. The Bertz CT molecular complexity index is 1240. The predicted molar refractivity (Wildman–Crippen MR) is 148 cm³/mol. The van der Waals surface area contributed by atoms with Gasteiger partial charge in [-0.15, -0.1) is 0 Å². The maximum Gasteiger partial charge on any atom is 0.338 e. The second-order valence-corrected chi connectivity index (χ2v) is 10.9. The zero-order chi connectivity index (χ0) is 31.1. The molecule has 220 valence electrons. The van der Waals surface area contributed by atoms with E-state index in [2.05, 4.69) is 0 Å². The van der Waals surface area contributed by atoms with Crippen molar-refractivity contribution in [2.45, 2.75) is 64.9 Å². The Morgan fingerprint density at radius 1 is 0.625 bits per heavy atom. The highest BCUT2D eigenvalue weighted by Crippen LogP contribution is 2.35. The zero-order valence-corrected chi connectivity index (χ0v) is 25.1. The molecular formula is C30H40O10. The summed E-state index contributed by atoms with van der Waals surface area (Å²) < 4.78 is 25.4. The molecule has 0 aromatic heterocycles. The van der Waals surface area contributed by atoms with E-state index in [4.69, 9.17) is 28.8 Å². The number of hydrogen-bond donors (Lipinski definition) is 1. The maximum absolute atomic E-state index is 12.1. The third-order valence-corrected chi connectivity index (χ3v) is 6.02. The summed E-state index contributed by atoms with van der Waals surface area (Å²) in [6.45, 7) is 12.3. The molecule has 0 aliphatic heterocycles. The number of carbonyl (C=O) groups excluding carboxylic acids is 3. The summed E-state index contributed by atoms with van der Waals surface area (Å²) in [5, 5.41) is 8.91. The van der Waals surface area contributed by atoms with Crippen LogP contribution in [0.3, 0.4) is 0 Å². The minimum Gasteiger partial charge on any atom is -0.496 e. The summed E-state index contributed by atoms with van der Waals surface area (Å²) in [6.07, 6.45) is 0. The largest absolute Gasteiger partial charge is 0.496 e. The van der Waals surface area contributed by atoms with Gasteiger partial charge in [-0.3, -0.25) is 9.59 Å². The summed E-state index contributed by atoms with van der Waals surface area (Å²) in [5.74, 6) is -1.48. The molecule has 0 aliphatic carbocycles. The number of hydrogen-bond acceptors (Lipinski definition) is 9. The molecular weight excluding hydrogens is 520 g/mol. The Morgan fingerprint density at radius 3 is 1.32 bits per heavy atom. The summed E-state index contributed by atoms with van der Waals surface area (Å²) in [7, 11) is 5.57. The molecule has 0 saturated carbocycles. The van der Waals surface area contributed by atoms with Gasteiger partial charge in [-0.2, -0.15) is 0 Å². The van der Waals surface area contributed by atoms with Crippen LogP contribution in [0, 0.1) is 0 Å². The standard InChI is InChI=1S/C17H24O5.C13H16O5/c1-16(2,3)22-14(18)11-8-9-12(13(10-11)20-6)17(4,5)15(19)21-7;1-13(2,12(16)18-4)9-6-5-8(11(14)15)7-10(9)17-3/h8-10H,1-7H3;5-7H,1-4H3,(H,14,15). The topological polar surface area (TPSA) is 135 Å². The van der Waals surface area contributed by atoms with E-state index in [0.29, 0.717) is 28.2 Å². The lowest BCUT2D eigenvalue weighted by atomic mass is 9.83. The first-order valence-electron chi connectivity index (χ1n) is 12.4. The highest BCUT2D eigenvalue weighted by atomic mass is 16.6. The Kier molecular flexibility index (Phi) is 11.3. The van der Waals surface area contributed by atoms with Crippen molar-refractivity contribution < 1.29 is 48.0 Å². The van der Waals surface area contributed by atoms with E-state index in [0.717, 1.165) is 0 Å². The summed E-state index contributed by atoms with van der Waals surface area (Å²) >= 11 is 0. The van der Waals surface area contributed by atoms with Gasteiger partial charge in [0.1, 0.15) is 17.1 Å². The molecule has 0 saturated heterocycles. The van der Waals surface area contributed by atoms with Crippen molar-refractivity contribution in [2.75, 3.05) is 28.4 Å². The van der Waals surface area contributed by atoms with Gasteiger partial charge < -0.3 is 28.8 Å². The van der Waals surface area contributed by atoms with Crippen LogP contribution < -0.4 is 9.47 Å². The van der Waals surface area contributed by atoms with E-state index in [9.17, 15) is 19.2 Å². The summed E-state index contributed by atoms with van der Waals surface area (Å²) in [4.78, 5) is 46.6. The molecule has 0 aliphatic rings. The first kappa shape index (κ1) is 33.9. The molecule has 0 spiro atoms. The molecule has 0 unspecified atom stereocenters. The quantitative estimate of drug-likeness (QED) is 0.349. The van der Waals surface area contributed by atoms with Crippen LogP contribution in [0.2, 0.25) is 0 Å². The lowest BCUT2D eigenvalue weighted by Gasteiger charge is -2.25. The number of benzene rings is 2. The van der Waals surface area contributed by atoms with E-state index in [1.807, 2.05) is 0 Å². The van der Waals surface area contributed by atoms with Crippen LogP contribution in [0.15, 0.2) is 36.4 Å². The first-order chi connectivity index (χ1) is 18.4. The number of carboxylic acid groups (broad SMARTS) is 1. The Labute approximate surface area is 235 Å². The first-order valence-corrected chi connectivity index (χ1v) is 12.4. The Balaban J connectivity index is 0.000000408. The van der Waals surface area contributed by atoms with Crippen molar-refractivity contribution in [3.63, 3.8) is 0 Å². The van der Waals surface area contributed by atoms with Crippen molar-refractivity contribution in [1.82, 2.24) is 0 Å². The van der Waals surface area contributed by atoms with Gasteiger partial charge in [0.15, 0.2) is 0 Å². The van der Waals surface area contributed by atoms with Gasteiger partial charge in [-0.05, 0) is 72.7 Å². The van der Waals surface area contributed by atoms with Crippen molar-refractivity contribution in [3.8, 4) is 11.5 Å². The van der Waals surface area contributed by atoms with Crippen LogP contribution >= 0.6 is 0 Å². The summed E-state index contributed by atoms with van der Waals surface area (Å²) in [5.41, 5.74) is -0.652. The number of carboxylic acids is 1. The van der Waals surface area contributed by atoms with E-state index in [1.165, 1.54) is 40.6 Å². The molecule has 2 rings (SSSR count). The molecule has 0 bridgehead atoms. The average Bonchev–Trinajstić information content (AvgIpc) is 2.90. The van der Waals surface area contributed by atoms with Gasteiger partial charge in [0, 0.05) is 11.1 Å². The fourth-order valence-electron chi connectivity index (χ4n) is 3.74. The van der Waals surface area contributed by atoms with Gasteiger partial charge in [0.05, 0.1) is 50.4 Å². The van der Waals surface area contributed by atoms with E-state index in [-0.39, 0.29) is 11.5 Å². The maximum atomic E-state index is 12.1. The van der Waals surface area contributed by atoms with Gasteiger partial charge in [0.2, 0.25) is 0 Å². The lowest BCUT2D eigenvalue weighted by Crippen LogP contribution is -2.31. The molecule has 0 atom stereocenters. The van der Waals surface area contributed by atoms with Crippen molar-refractivity contribution in [3.05, 3.63) is 58.7 Å². The van der Waals surface area contributed by atoms with Crippen LogP contribution in [0.4, 0.5) is 0 Å². The fourth-order valence-corrected chi connectivity index (χ4v) is 3.74. The monoisotopic (exact) mass is 560 g/mol. The number of ether oxygens (including phenoxy) is 5. The molecule has 0 fully saturated rings. The van der Waals surface area contributed by atoms with Crippen molar-refractivity contribution in [2.24, 2.45) is 0 Å². The highest BCUT2D eigenvalue weighted by Gasteiger charge is 2.35. The normalized spacial score (nSPS) is 11.4. The molecule has 0 heterocycles. The molecule has 2 aromatic rings. The zero-order valence-electron chi connectivity index (χ0n) is 25.1.